The van der Waals surface area contributed by atoms with Gasteiger partial charge in [0.2, 0.25) is 0 Å². The summed E-state index contributed by atoms with van der Waals surface area (Å²) < 4.78 is 19.2. The molecule has 1 aliphatic rings. The second-order valence-corrected chi connectivity index (χ2v) is 5.15. The zero-order valence-electron chi connectivity index (χ0n) is 9.79. The molecule has 0 radical (unpaired) electrons. The lowest BCUT2D eigenvalue weighted by atomic mass is 10.1. The van der Waals surface area contributed by atoms with Crippen LogP contribution in [0.4, 0.5) is 10.1 Å². The van der Waals surface area contributed by atoms with Crippen LogP contribution in [0.5, 0.6) is 5.75 Å². The van der Waals surface area contributed by atoms with Crippen LogP contribution in [-0.2, 0) is 0 Å². The van der Waals surface area contributed by atoms with E-state index in [9.17, 15) is 4.39 Å². The molecule has 0 saturated carbocycles. The number of anilines is 1. The van der Waals surface area contributed by atoms with Gasteiger partial charge < -0.3 is 10.1 Å². The van der Waals surface area contributed by atoms with Gasteiger partial charge in [-0.2, -0.15) is 0 Å². The molecule has 98 valence electrons. The molecule has 0 saturated heterocycles. The highest BCUT2D eigenvalue weighted by molar-refractivity contribution is 6.31. The van der Waals surface area contributed by atoms with Gasteiger partial charge >= 0.3 is 0 Å². The van der Waals surface area contributed by atoms with E-state index < -0.39 is 5.82 Å². The summed E-state index contributed by atoms with van der Waals surface area (Å²) in [5.74, 6) is -0.0212. The van der Waals surface area contributed by atoms with Gasteiger partial charge in [-0.25, -0.2) is 4.39 Å². The lowest BCUT2D eigenvalue weighted by Gasteiger charge is -2.28. The van der Waals surface area contributed by atoms with Crippen LogP contribution in [0.3, 0.4) is 0 Å². The van der Waals surface area contributed by atoms with E-state index in [0.717, 1.165) is 5.56 Å². The maximum absolute atomic E-state index is 13.4. The zero-order valence-corrected chi connectivity index (χ0v) is 11.3. The van der Waals surface area contributed by atoms with E-state index in [1.54, 1.807) is 12.1 Å². The van der Waals surface area contributed by atoms with Crippen LogP contribution in [-0.4, -0.2) is 6.54 Å². The second kappa shape index (κ2) is 4.91. The molecular weight excluding hydrogens is 288 g/mol. The van der Waals surface area contributed by atoms with E-state index in [1.807, 2.05) is 12.1 Å². The first kappa shape index (κ1) is 12.6. The summed E-state index contributed by atoms with van der Waals surface area (Å²) in [5.41, 5.74) is 1.69. The Labute approximate surface area is 120 Å². The summed E-state index contributed by atoms with van der Waals surface area (Å²) in [6.07, 6.45) is -0.176. The van der Waals surface area contributed by atoms with Crippen LogP contribution >= 0.6 is 23.2 Å². The minimum absolute atomic E-state index is 0.0831. The molecule has 2 nitrogen and oxygen atoms in total. The molecule has 2 aromatic rings. The molecule has 2 aromatic carbocycles. The maximum Gasteiger partial charge on any atom is 0.146 e. The highest BCUT2D eigenvalue weighted by atomic mass is 35.5. The Morgan fingerprint density at radius 2 is 1.89 bits per heavy atom. The number of ether oxygens (including phenoxy) is 1. The Kier molecular flexibility index (Phi) is 3.25. The number of rotatable bonds is 1. The fraction of sp³-hybridized carbons (Fsp3) is 0.143. The lowest BCUT2D eigenvalue weighted by Crippen LogP contribution is -2.23. The zero-order chi connectivity index (χ0) is 13.4. The largest absolute Gasteiger partial charge is 0.482 e. The van der Waals surface area contributed by atoms with Gasteiger partial charge in [-0.1, -0.05) is 35.3 Å². The average Bonchev–Trinajstić information content (AvgIpc) is 2.40. The van der Waals surface area contributed by atoms with E-state index in [0.29, 0.717) is 23.0 Å². The Morgan fingerprint density at radius 3 is 2.63 bits per heavy atom. The van der Waals surface area contributed by atoms with Crippen LogP contribution in [0.15, 0.2) is 36.4 Å². The Morgan fingerprint density at radius 1 is 1.16 bits per heavy atom. The van der Waals surface area contributed by atoms with Gasteiger partial charge in [0.15, 0.2) is 0 Å². The summed E-state index contributed by atoms with van der Waals surface area (Å²) in [5, 5.41) is 3.94. The van der Waals surface area contributed by atoms with Gasteiger partial charge in [0.05, 0.1) is 17.3 Å². The number of hydrogen-bond donors (Lipinski definition) is 1. The van der Waals surface area contributed by atoms with Crippen LogP contribution < -0.4 is 10.1 Å². The molecule has 0 bridgehead atoms. The predicted molar refractivity (Wildman–Crippen MR) is 74.7 cm³/mol. The highest BCUT2D eigenvalue weighted by Crippen LogP contribution is 2.37. The molecule has 1 atom stereocenters. The summed E-state index contributed by atoms with van der Waals surface area (Å²) in [7, 11) is 0. The van der Waals surface area contributed by atoms with Crippen molar-refractivity contribution in [1.82, 2.24) is 0 Å². The van der Waals surface area contributed by atoms with Crippen molar-refractivity contribution in [3.63, 3.8) is 0 Å². The van der Waals surface area contributed by atoms with Crippen LogP contribution in [0.1, 0.15) is 11.7 Å². The third-order valence-corrected chi connectivity index (χ3v) is 3.55. The predicted octanol–water partition coefficient (Wildman–Crippen LogP) is 4.68. The van der Waals surface area contributed by atoms with Crippen LogP contribution in [0.25, 0.3) is 0 Å². The van der Waals surface area contributed by atoms with Gasteiger partial charge in [0.1, 0.15) is 17.7 Å². The van der Waals surface area contributed by atoms with Gasteiger partial charge in [-0.05, 0) is 23.8 Å². The fourth-order valence-corrected chi connectivity index (χ4v) is 2.31. The van der Waals surface area contributed by atoms with Crippen molar-refractivity contribution in [2.75, 3.05) is 11.9 Å². The van der Waals surface area contributed by atoms with Crippen molar-refractivity contribution >= 4 is 28.9 Å². The van der Waals surface area contributed by atoms with Crippen LogP contribution in [0.2, 0.25) is 10.0 Å². The maximum atomic E-state index is 13.4. The normalized spacial score (nSPS) is 17.3. The Bertz CT molecular complexity index is 616. The number of hydrogen-bond acceptors (Lipinski definition) is 2. The quantitative estimate of drug-likeness (QED) is 0.825. The Hall–Kier alpha value is -1.45. The van der Waals surface area contributed by atoms with Crippen molar-refractivity contribution in [3.8, 4) is 5.75 Å². The molecule has 1 unspecified atom stereocenters. The molecule has 0 aromatic heterocycles. The first-order chi connectivity index (χ1) is 9.13. The first-order valence-electron chi connectivity index (χ1n) is 5.78. The van der Waals surface area contributed by atoms with Gasteiger partial charge in [-0.3, -0.25) is 0 Å². The molecule has 0 amide bonds. The molecular formula is C14H10Cl2FNO. The fourth-order valence-electron chi connectivity index (χ4n) is 2.03. The molecule has 0 spiro atoms. The smallest absolute Gasteiger partial charge is 0.146 e. The van der Waals surface area contributed by atoms with Gasteiger partial charge in [-0.15, -0.1) is 0 Å². The number of nitrogens with one attached hydrogen (secondary N) is 1. The summed E-state index contributed by atoms with van der Waals surface area (Å²) in [6.45, 7) is 0.594. The van der Waals surface area contributed by atoms with Crippen molar-refractivity contribution in [3.05, 3.63) is 57.8 Å². The van der Waals surface area contributed by atoms with Crippen molar-refractivity contribution in [2.24, 2.45) is 0 Å². The molecule has 19 heavy (non-hydrogen) atoms. The van der Waals surface area contributed by atoms with Crippen molar-refractivity contribution in [1.29, 1.82) is 0 Å². The van der Waals surface area contributed by atoms with Crippen molar-refractivity contribution < 1.29 is 9.13 Å². The molecule has 0 fully saturated rings. The van der Waals surface area contributed by atoms with Gasteiger partial charge in [0.25, 0.3) is 0 Å². The van der Waals surface area contributed by atoms with Crippen molar-refractivity contribution in [2.45, 2.75) is 6.10 Å². The summed E-state index contributed by atoms with van der Waals surface area (Å²) in [6, 6.07) is 10.2. The summed E-state index contributed by atoms with van der Waals surface area (Å²) >= 11 is 11.6. The second-order valence-electron chi connectivity index (χ2n) is 4.30. The Balaban J connectivity index is 1.89. The standard InChI is InChI=1S/C14H10Cl2FNO/c15-9-3-1-8(2-4-9)14-7-18-12-5-10(16)11(17)6-13(12)19-14/h1-6,14,18H,7H2. The molecule has 1 aliphatic heterocycles. The topological polar surface area (TPSA) is 21.3 Å². The average molecular weight is 298 g/mol. The number of halogens is 3. The third kappa shape index (κ3) is 2.48. The van der Waals surface area contributed by atoms with E-state index in [2.05, 4.69) is 5.32 Å². The van der Waals surface area contributed by atoms with Crippen LogP contribution in [0, 0.1) is 5.82 Å². The molecule has 5 heteroatoms. The monoisotopic (exact) mass is 297 g/mol. The SMILES string of the molecule is Fc1cc2c(cc1Cl)NCC(c1ccc(Cl)cc1)O2. The molecule has 1 heterocycles. The number of fused-ring (bicyclic) bond motifs is 1. The molecule has 1 N–H and O–H groups in total. The lowest BCUT2D eigenvalue weighted by molar-refractivity contribution is 0.209. The van der Waals surface area contributed by atoms with E-state index >= 15 is 0 Å². The molecule has 3 rings (SSSR count). The highest BCUT2D eigenvalue weighted by Gasteiger charge is 2.22. The minimum atomic E-state index is -0.487. The van der Waals surface area contributed by atoms with E-state index in [4.69, 9.17) is 27.9 Å². The van der Waals surface area contributed by atoms with Gasteiger partial charge in [0, 0.05) is 11.1 Å². The van der Waals surface area contributed by atoms with E-state index in [-0.39, 0.29) is 11.1 Å². The third-order valence-electron chi connectivity index (χ3n) is 3.01. The minimum Gasteiger partial charge on any atom is -0.482 e. The first-order valence-corrected chi connectivity index (χ1v) is 6.54. The number of benzene rings is 2. The van der Waals surface area contributed by atoms with E-state index in [1.165, 1.54) is 12.1 Å². The molecule has 0 aliphatic carbocycles. The summed E-state index contributed by atoms with van der Waals surface area (Å²) in [4.78, 5) is 0.